The number of amides is 2. The standard InChI is InChI=1S/C18H19ClN4O8S/c1-17(14(15(27)28)23-10(25)6-11(23)32(17,30)31)7-20-22-16(29)18(4-5-18)21-8-2-3-9(24)13(26)12(8)19/h2-3,7,11,14,21,24,26H,4-6H2,1H3,(H,22,29)(H,27,28)/b20-7+/t11-,14+,17+/m1/s1. The van der Waals surface area contributed by atoms with Crippen LogP contribution in [0.1, 0.15) is 26.2 Å². The number of hydrazone groups is 1. The molecule has 0 radical (unpaired) electrons. The van der Waals surface area contributed by atoms with Crippen molar-refractivity contribution >= 4 is 51.1 Å². The topological polar surface area (TPSA) is 186 Å². The molecule has 3 atom stereocenters. The van der Waals surface area contributed by atoms with Gasteiger partial charge in [0.05, 0.1) is 12.1 Å². The summed E-state index contributed by atoms with van der Waals surface area (Å²) in [5.41, 5.74) is 1.27. The molecule has 4 rings (SSSR count). The lowest BCUT2D eigenvalue weighted by molar-refractivity contribution is -0.156. The van der Waals surface area contributed by atoms with Crippen LogP contribution < -0.4 is 10.7 Å². The third-order valence-electron chi connectivity index (χ3n) is 6.11. The summed E-state index contributed by atoms with van der Waals surface area (Å²) >= 11 is 5.98. The molecular weight excluding hydrogens is 468 g/mol. The van der Waals surface area contributed by atoms with E-state index in [-0.39, 0.29) is 17.1 Å². The number of hydrogen-bond donors (Lipinski definition) is 5. The van der Waals surface area contributed by atoms with Gasteiger partial charge in [0.1, 0.15) is 20.7 Å². The summed E-state index contributed by atoms with van der Waals surface area (Å²) in [4.78, 5) is 37.0. The highest BCUT2D eigenvalue weighted by Crippen LogP contribution is 2.46. The zero-order valence-electron chi connectivity index (χ0n) is 16.6. The number of carbonyl (C=O) groups excluding carboxylic acids is 2. The van der Waals surface area contributed by atoms with Gasteiger partial charge in [-0.25, -0.2) is 18.6 Å². The van der Waals surface area contributed by atoms with E-state index in [1.54, 1.807) is 0 Å². The first kappa shape index (κ1) is 22.1. The average molecular weight is 487 g/mol. The molecule has 32 heavy (non-hydrogen) atoms. The summed E-state index contributed by atoms with van der Waals surface area (Å²) < 4.78 is 23.6. The molecule has 3 aliphatic rings. The van der Waals surface area contributed by atoms with Crippen molar-refractivity contribution in [2.45, 2.75) is 47.9 Å². The Morgan fingerprint density at radius 1 is 1.31 bits per heavy atom. The van der Waals surface area contributed by atoms with Crippen LogP contribution in [-0.2, 0) is 24.2 Å². The zero-order valence-corrected chi connectivity index (χ0v) is 18.1. The van der Waals surface area contributed by atoms with Gasteiger partial charge in [0, 0.05) is 6.21 Å². The number of carbonyl (C=O) groups is 3. The Hall–Kier alpha value is -3.06. The van der Waals surface area contributed by atoms with Gasteiger partial charge in [0.2, 0.25) is 5.91 Å². The van der Waals surface area contributed by atoms with Crippen molar-refractivity contribution in [3.05, 3.63) is 17.2 Å². The van der Waals surface area contributed by atoms with Crippen LogP contribution in [0.5, 0.6) is 11.5 Å². The van der Waals surface area contributed by atoms with E-state index in [0.717, 1.165) is 18.0 Å². The highest BCUT2D eigenvalue weighted by atomic mass is 35.5. The molecule has 12 nitrogen and oxygen atoms in total. The third kappa shape index (κ3) is 2.98. The first-order valence-electron chi connectivity index (χ1n) is 9.46. The second-order valence-corrected chi connectivity index (χ2v) is 11.0. The van der Waals surface area contributed by atoms with Gasteiger partial charge in [-0.05, 0) is 31.9 Å². The predicted octanol–water partition coefficient (Wildman–Crippen LogP) is -0.00360. The molecule has 3 fully saturated rings. The molecule has 2 saturated heterocycles. The molecule has 1 aromatic carbocycles. The third-order valence-corrected chi connectivity index (χ3v) is 9.16. The minimum atomic E-state index is -4.10. The van der Waals surface area contributed by atoms with E-state index in [9.17, 15) is 38.1 Å². The second kappa shape index (κ2) is 6.97. The molecule has 2 aliphatic heterocycles. The van der Waals surface area contributed by atoms with Crippen LogP contribution in [0.2, 0.25) is 5.02 Å². The number of halogens is 1. The number of sulfone groups is 1. The van der Waals surface area contributed by atoms with E-state index in [2.05, 4.69) is 15.8 Å². The Kier molecular flexibility index (Phi) is 4.82. The van der Waals surface area contributed by atoms with Crippen molar-refractivity contribution in [2.24, 2.45) is 5.10 Å². The van der Waals surface area contributed by atoms with Crippen molar-refractivity contribution in [2.75, 3.05) is 5.32 Å². The molecule has 1 aromatic rings. The van der Waals surface area contributed by atoms with E-state index >= 15 is 0 Å². The fourth-order valence-corrected chi connectivity index (χ4v) is 6.39. The Labute approximate surface area is 186 Å². The van der Waals surface area contributed by atoms with Gasteiger partial charge in [-0.3, -0.25) is 9.59 Å². The number of carboxylic acids is 1. The summed E-state index contributed by atoms with van der Waals surface area (Å²) in [5, 5.41) is 33.9. The van der Waals surface area contributed by atoms with Crippen LogP contribution in [0.25, 0.3) is 0 Å². The lowest BCUT2D eigenvalue weighted by Crippen LogP contribution is -2.57. The predicted molar refractivity (Wildman–Crippen MR) is 111 cm³/mol. The summed E-state index contributed by atoms with van der Waals surface area (Å²) in [6.45, 7) is 1.15. The number of anilines is 1. The molecule has 0 bridgehead atoms. The molecule has 14 heteroatoms. The second-order valence-electron chi connectivity index (χ2n) is 8.13. The lowest BCUT2D eigenvalue weighted by Gasteiger charge is -2.35. The van der Waals surface area contributed by atoms with Crippen molar-refractivity contribution in [1.82, 2.24) is 10.3 Å². The monoisotopic (exact) mass is 486 g/mol. The highest BCUT2D eigenvalue weighted by Gasteiger charge is 2.69. The molecule has 2 heterocycles. The quantitative estimate of drug-likeness (QED) is 0.121. The molecule has 172 valence electrons. The van der Waals surface area contributed by atoms with Gasteiger partial charge in [0.25, 0.3) is 5.91 Å². The Balaban J connectivity index is 1.52. The van der Waals surface area contributed by atoms with Gasteiger partial charge < -0.3 is 25.5 Å². The van der Waals surface area contributed by atoms with E-state index in [0.29, 0.717) is 12.8 Å². The van der Waals surface area contributed by atoms with Crippen molar-refractivity contribution in [3.8, 4) is 11.5 Å². The van der Waals surface area contributed by atoms with Crippen LogP contribution in [-0.4, -0.2) is 74.3 Å². The van der Waals surface area contributed by atoms with E-state index in [1.165, 1.54) is 12.1 Å². The molecule has 1 aliphatic carbocycles. The average Bonchev–Trinajstić information content (AvgIpc) is 3.48. The van der Waals surface area contributed by atoms with Gasteiger partial charge in [0.15, 0.2) is 27.4 Å². The minimum absolute atomic E-state index is 0.185. The highest BCUT2D eigenvalue weighted by molar-refractivity contribution is 7.94. The minimum Gasteiger partial charge on any atom is -0.504 e. The summed E-state index contributed by atoms with van der Waals surface area (Å²) in [6, 6.07) is 0.906. The number of phenolic OH excluding ortho intramolecular Hbond substituents is 2. The van der Waals surface area contributed by atoms with Crippen LogP contribution in [0.4, 0.5) is 5.69 Å². The number of nitrogens with zero attached hydrogens (tertiary/aromatic N) is 2. The molecule has 2 amide bonds. The normalized spacial score (nSPS) is 29.3. The van der Waals surface area contributed by atoms with E-state index in [1.807, 2.05) is 0 Å². The van der Waals surface area contributed by atoms with Crippen molar-refractivity contribution in [1.29, 1.82) is 0 Å². The van der Waals surface area contributed by atoms with Crippen molar-refractivity contribution in [3.63, 3.8) is 0 Å². The maximum Gasteiger partial charge on any atom is 0.328 e. The van der Waals surface area contributed by atoms with Crippen LogP contribution in [0.15, 0.2) is 17.2 Å². The Bertz CT molecular complexity index is 1180. The fraction of sp³-hybridized carbons (Fsp3) is 0.444. The zero-order chi connectivity index (χ0) is 23.6. The van der Waals surface area contributed by atoms with Crippen LogP contribution in [0.3, 0.4) is 0 Å². The maximum absolute atomic E-state index is 12.8. The number of β-lactam (4-membered cyclic amide) rings is 1. The summed E-state index contributed by atoms with van der Waals surface area (Å²) in [6.07, 6.45) is 1.29. The van der Waals surface area contributed by atoms with Gasteiger partial charge in [-0.15, -0.1) is 0 Å². The van der Waals surface area contributed by atoms with E-state index < -0.39 is 60.8 Å². The molecule has 5 N–H and O–H groups in total. The molecule has 0 aromatic heterocycles. The first-order valence-corrected chi connectivity index (χ1v) is 11.4. The summed E-state index contributed by atoms with van der Waals surface area (Å²) in [7, 11) is -4.10. The fourth-order valence-electron chi connectivity index (χ4n) is 3.97. The smallest absolute Gasteiger partial charge is 0.328 e. The number of carboxylic acid groups (broad SMARTS) is 1. The van der Waals surface area contributed by atoms with Gasteiger partial charge in [-0.2, -0.15) is 5.10 Å². The number of nitrogens with one attached hydrogen (secondary N) is 2. The number of benzene rings is 1. The van der Waals surface area contributed by atoms with Crippen molar-refractivity contribution < 1.29 is 38.1 Å². The van der Waals surface area contributed by atoms with Crippen LogP contribution in [0, 0.1) is 0 Å². The number of hydrogen-bond acceptors (Lipinski definition) is 9. The number of rotatable bonds is 6. The SMILES string of the molecule is C[C@]1(/C=N/NC(=O)C2(Nc3ccc(O)c(O)c3Cl)CC2)[C@H](C(=O)O)N2C(=O)C[C@H]2S1(=O)=O. The Morgan fingerprint density at radius 3 is 2.53 bits per heavy atom. The molecular formula is C18H19ClN4O8S. The number of fused-ring (bicyclic) bond motifs is 1. The molecule has 0 spiro atoms. The largest absolute Gasteiger partial charge is 0.504 e. The van der Waals surface area contributed by atoms with Gasteiger partial charge in [-0.1, -0.05) is 11.6 Å². The molecule has 0 unspecified atom stereocenters. The first-order chi connectivity index (χ1) is 14.9. The molecule has 1 saturated carbocycles. The maximum atomic E-state index is 12.8. The summed E-state index contributed by atoms with van der Waals surface area (Å²) in [5.74, 6) is -3.69. The Morgan fingerprint density at radius 2 is 1.97 bits per heavy atom. The number of aromatic hydroxyl groups is 2. The van der Waals surface area contributed by atoms with E-state index in [4.69, 9.17) is 11.6 Å². The van der Waals surface area contributed by atoms with Gasteiger partial charge >= 0.3 is 5.97 Å². The van der Waals surface area contributed by atoms with Crippen LogP contribution >= 0.6 is 11.6 Å². The lowest BCUT2D eigenvalue weighted by atomic mass is 9.97. The number of phenols is 2. The number of aliphatic carboxylic acids is 1.